The van der Waals surface area contributed by atoms with Gasteiger partial charge in [-0.05, 0) is 42.9 Å². The first-order chi connectivity index (χ1) is 13.5. The van der Waals surface area contributed by atoms with E-state index in [-0.39, 0.29) is 6.03 Å². The number of carbonyl (C=O) groups is 1. The Bertz CT molecular complexity index is 773. The highest BCUT2D eigenvalue weighted by molar-refractivity contribution is 5.74. The van der Waals surface area contributed by atoms with E-state index < -0.39 is 0 Å². The molecule has 6 heteroatoms. The summed E-state index contributed by atoms with van der Waals surface area (Å²) in [4.78, 5) is 18.8. The number of nitrogens with zero attached hydrogens (tertiary/aromatic N) is 2. The minimum absolute atomic E-state index is 0.0138. The molecule has 1 aliphatic rings. The van der Waals surface area contributed by atoms with Crippen molar-refractivity contribution in [2.75, 3.05) is 13.7 Å². The van der Waals surface area contributed by atoms with Crippen LogP contribution in [0.15, 0.2) is 42.6 Å². The average Bonchev–Trinajstić information content (AvgIpc) is 3.52. The van der Waals surface area contributed by atoms with Gasteiger partial charge in [0.05, 0.1) is 7.11 Å². The van der Waals surface area contributed by atoms with E-state index >= 15 is 0 Å². The molecule has 0 radical (unpaired) electrons. The van der Waals surface area contributed by atoms with Crippen molar-refractivity contribution in [2.45, 2.75) is 45.7 Å². The number of ether oxygens (including phenoxy) is 2. The van der Waals surface area contributed by atoms with E-state index in [1.54, 1.807) is 25.4 Å². The van der Waals surface area contributed by atoms with E-state index in [4.69, 9.17) is 9.47 Å². The van der Waals surface area contributed by atoms with Crippen LogP contribution in [-0.4, -0.2) is 35.6 Å². The van der Waals surface area contributed by atoms with E-state index in [1.807, 2.05) is 29.2 Å². The number of benzene rings is 1. The third-order valence-electron chi connectivity index (χ3n) is 4.70. The second-order valence-electron chi connectivity index (χ2n) is 7.55. The van der Waals surface area contributed by atoms with Crippen LogP contribution < -0.4 is 14.8 Å². The summed E-state index contributed by atoms with van der Waals surface area (Å²) in [5.74, 6) is 2.49. The van der Waals surface area contributed by atoms with Crippen molar-refractivity contribution >= 4 is 6.03 Å². The van der Waals surface area contributed by atoms with Crippen LogP contribution in [0.25, 0.3) is 0 Å². The molecule has 3 rings (SSSR count). The Morgan fingerprint density at radius 3 is 2.68 bits per heavy atom. The number of carbonyl (C=O) groups excluding carboxylic acids is 1. The van der Waals surface area contributed by atoms with Gasteiger partial charge in [-0.2, -0.15) is 0 Å². The monoisotopic (exact) mass is 383 g/mol. The van der Waals surface area contributed by atoms with E-state index in [0.717, 1.165) is 37.1 Å². The first-order valence-electron chi connectivity index (χ1n) is 9.86. The van der Waals surface area contributed by atoms with Gasteiger partial charge < -0.3 is 19.7 Å². The largest absolute Gasteiger partial charge is 0.497 e. The lowest BCUT2D eigenvalue weighted by atomic mass is 10.1. The van der Waals surface area contributed by atoms with E-state index in [1.165, 1.54) is 0 Å². The fourth-order valence-corrected chi connectivity index (χ4v) is 2.87. The second-order valence-corrected chi connectivity index (χ2v) is 7.55. The summed E-state index contributed by atoms with van der Waals surface area (Å²) in [6.07, 6.45) is 4.99. The highest BCUT2D eigenvalue weighted by Gasteiger charge is 2.32. The molecule has 1 aromatic carbocycles. The maximum atomic E-state index is 12.5. The van der Waals surface area contributed by atoms with Crippen LogP contribution in [-0.2, 0) is 6.54 Å². The van der Waals surface area contributed by atoms with Gasteiger partial charge >= 0.3 is 6.03 Å². The number of amides is 2. The summed E-state index contributed by atoms with van der Waals surface area (Å²) < 4.78 is 10.9. The smallest absolute Gasteiger partial charge is 0.317 e. The Hall–Kier alpha value is -2.76. The maximum Gasteiger partial charge on any atom is 0.317 e. The number of rotatable bonds is 9. The molecular weight excluding hydrogens is 354 g/mol. The molecule has 1 N–H and O–H groups in total. The molecule has 1 saturated carbocycles. The molecule has 0 bridgehead atoms. The minimum Gasteiger partial charge on any atom is -0.497 e. The summed E-state index contributed by atoms with van der Waals surface area (Å²) in [5, 5.41) is 3.02. The molecule has 0 unspecified atom stereocenters. The van der Waals surface area contributed by atoms with Crippen molar-refractivity contribution in [3.8, 4) is 17.4 Å². The maximum absolute atomic E-state index is 12.5. The van der Waals surface area contributed by atoms with Crippen molar-refractivity contribution in [3.05, 3.63) is 48.2 Å². The molecule has 1 aliphatic carbocycles. The topological polar surface area (TPSA) is 63.7 Å². The zero-order chi connectivity index (χ0) is 19.9. The van der Waals surface area contributed by atoms with Crippen molar-refractivity contribution in [1.29, 1.82) is 0 Å². The minimum atomic E-state index is 0.0138. The molecule has 0 spiro atoms. The van der Waals surface area contributed by atoms with Crippen molar-refractivity contribution in [2.24, 2.45) is 5.92 Å². The molecular formula is C22H29N3O3. The van der Waals surface area contributed by atoms with Crippen LogP contribution >= 0.6 is 0 Å². The van der Waals surface area contributed by atoms with Gasteiger partial charge in [-0.3, -0.25) is 0 Å². The fourth-order valence-electron chi connectivity index (χ4n) is 2.87. The van der Waals surface area contributed by atoms with Gasteiger partial charge in [0.2, 0.25) is 5.88 Å². The molecule has 0 saturated heterocycles. The first-order valence-corrected chi connectivity index (χ1v) is 9.86. The SMILES string of the molecule is COc1cccc(Oc2ccc(CNC(=O)N(CCC(C)C)C3CC3)cn2)c1. The summed E-state index contributed by atoms with van der Waals surface area (Å²) in [5.41, 5.74) is 0.936. The van der Waals surface area contributed by atoms with Gasteiger partial charge in [0.1, 0.15) is 11.5 Å². The Labute approximate surface area is 166 Å². The summed E-state index contributed by atoms with van der Waals surface area (Å²) >= 11 is 0. The molecule has 28 heavy (non-hydrogen) atoms. The van der Waals surface area contributed by atoms with Crippen molar-refractivity contribution in [1.82, 2.24) is 15.2 Å². The van der Waals surface area contributed by atoms with Crippen LogP contribution in [0.4, 0.5) is 4.79 Å². The Morgan fingerprint density at radius 2 is 2.04 bits per heavy atom. The first kappa shape index (κ1) is 20.0. The normalized spacial score (nSPS) is 13.3. The van der Waals surface area contributed by atoms with Crippen LogP contribution in [0.5, 0.6) is 17.4 Å². The number of hydrogen-bond donors (Lipinski definition) is 1. The molecule has 0 atom stereocenters. The van der Waals surface area contributed by atoms with E-state index in [9.17, 15) is 4.79 Å². The molecule has 150 valence electrons. The summed E-state index contributed by atoms with van der Waals surface area (Å²) in [6, 6.07) is 11.5. The number of methoxy groups -OCH3 is 1. The Balaban J connectivity index is 1.51. The average molecular weight is 383 g/mol. The Kier molecular flexibility index (Phi) is 6.74. The molecule has 1 fully saturated rings. The zero-order valence-electron chi connectivity index (χ0n) is 16.9. The lowest BCUT2D eigenvalue weighted by Crippen LogP contribution is -2.41. The lowest BCUT2D eigenvalue weighted by molar-refractivity contribution is 0.191. The van der Waals surface area contributed by atoms with Gasteiger partial charge in [0, 0.05) is 37.5 Å². The zero-order valence-corrected chi connectivity index (χ0v) is 16.9. The number of hydrogen-bond acceptors (Lipinski definition) is 4. The van der Waals surface area contributed by atoms with Gasteiger partial charge in [-0.25, -0.2) is 9.78 Å². The number of aromatic nitrogens is 1. The predicted molar refractivity (Wildman–Crippen MR) is 109 cm³/mol. The standard InChI is InChI=1S/C22H29N3O3/c1-16(2)11-12-25(18-8-9-18)22(26)24-15-17-7-10-21(23-14-17)28-20-6-4-5-19(13-20)27-3/h4-7,10,13-14,16,18H,8-9,11-12,15H2,1-3H3,(H,24,26). The second kappa shape index (κ2) is 9.44. The van der Waals surface area contributed by atoms with Gasteiger partial charge in [-0.1, -0.05) is 26.0 Å². The van der Waals surface area contributed by atoms with E-state index in [2.05, 4.69) is 24.1 Å². The molecule has 2 amide bonds. The van der Waals surface area contributed by atoms with Gasteiger partial charge in [0.15, 0.2) is 0 Å². The van der Waals surface area contributed by atoms with Crippen molar-refractivity contribution < 1.29 is 14.3 Å². The molecule has 6 nitrogen and oxygen atoms in total. The van der Waals surface area contributed by atoms with Crippen LogP contribution in [0.3, 0.4) is 0 Å². The number of nitrogens with one attached hydrogen (secondary N) is 1. The summed E-state index contributed by atoms with van der Waals surface area (Å²) in [6.45, 7) is 5.64. The third-order valence-corrected chi connectivity index (χ3v) is 4.70. The molecule has 1 heterocycles. The lowest BCUT2D eigenvalue weighted by Gasteiger charge is -2.23. The van der Waals surface area contributed by atoms with Crippen molar-refractivity contribution in [3.63, 3.8) is 0 Å². The molecule has 1 aromatic heterocycles. The molecule has 0 aliphatic heterocycles. The highest BCUT2D eigenvalue weighted by atomic mass is 16.5. The number of urea groups is 1. The summed E-state index contributed by atoms with van der Waals surface area (Å²) in [7, 11) is 1.62. The highest BCUT2D eigenvalue weighted by Crippen LogP contribution is 2.27. The third kappa shape index (κ3) is 5.87. The van der Waals surface area contributed by atoms with Gasteiger partial charge in [-0.15, -0.1) is 0 Å². The van der Waals surface area contributed by atoms with Crippen LogP contribution in [0, 0.1) is 5.92 Å². The number of pyridine rings is 1. The van der Waals surface area contributed by atoms with Crippen LogP contribution in [0.2, 0.25) is 0 Å². The molecule has 2 aromatic rings. The quantitative estimate of drug-likeness (QED) is 0.687. The van der Waals surface area contributed by atoms with Crippen LogP contribution in [0.1, 0.15) is 38.7 Å². The van der Waals surface area contributed by atoms with E-state index in [0.29, 0.717) is 30.1 Å². The predicted octanol–water partition coefficient (Wildman–Crippen LogP) is 4.60. The fraction of sp³-hybridized carbons (Fsp3) is 0.455. The van der Waals surface area contributed by atoms with Gasteiger partial charge in [0.25, 0.3) is 0 Å². The Morgan fingerprint density at radius 1 is 1.25 bits per heavy atom.